The Morgan fingerprint density at radius 2 is 1.83 bits per heavy atom. The second-order valence-electron chi connectivity index (χ2n) is 6.61. The average molecular weight is 252 g/mol. The van der Waals surface area contributed by atoms with Gasteiger partial charge in [0.05, 0.1) is 6.04 Å². The van der Waals surface area contributed by atoms with Crippen LogP contribution < -0.4 is 10.6 Å². The summed E-state index contributed by atoms with van der Waals surface area (Å²) < 4.78 is 0. The van der Waals surface area contributed by atoms with Gasteiger partial charge in [0.15, 0.2) is 0 Å². The highest BCUT2D eigenvalue weighted by Crippen LogP contribution is 2.36. The minimum atomic E-state index is -0.0528. The lowest BCUT2D eigenvalue weighted by Gasteiger charge is -2.26. The number of hydrogen-bond acceptors (Lipinski definition) is 2. The second kappa shape index (κ2) is 6.05. The molecule has 0 aromatic heterocycles. The predicted octanol–water partition coefficient (Wildman–Crippen LogP) is 2.60. The fourth-order valence-corrected chi connectivity index (χ4v) is 3.29. The van der Waals surface area contributed by atoms with Crippen LogP contribution in [0.5, 0.6) is 0 Å². The molecule has 3 nitrogen and oxygen atoms in total. The van der Waals surface area contributed by atoms with Crippen molar-refractivity contribution in [3.63, 3.8) is 0 Å². The van der Waals surface area contributed by atoms with Crippen molar-refractivity contribution < 1.29 is 4.79 Å². The second-order valence-corrected chi connectivity index (χ2v) is 6.61. The van der Waals surface area contributed by atoms with E-state index in [9.17, 15) is 4.79 Å². The van der Waals surface area contributed by atoms with Gasteiger partial charge in [0.25, 0.3) is 0 Å². The van der Waals surface area contributed by atoms with E-state index in [1.807, 2.05) is 6.92 Å². The largest absolute Gasteiger partial charge is 0.352 e. The first-order valence-electron chi connectivity index (χ1n) is 7.63. The molecule has 3 heteroatoms. The van der Waals surface area contributed by atoms with Gasteiger partial charge in [-0.25, -0.2) is 0 Å². The highest BCUT2D eigenvalue weighted by Gasteiger charge is 2.29. The Balaban J connectivity index is 1.69. The highest BCUT2D eigenvalue weighted by molar-refractivity contribution is 5.81. The molecule has 1 amide bonds. The van der Waals surface area contributed by atoms with E-state index in [2.05, 4.69) is 17.6 Å². The monoisotopic (exact) mass is 252 g/mol. The van der Waals surface area contributed by atoms with Crippen LogP contribution in [-0.4, -0.2) is 24.5 Å². The van der Waals surface area contributed by atoms with E-state index in [1.54, 1.807) is 0 Å². The zero-order valence-corrected chi connectivity index (χ0v) is 11.9. The number of carbonyl (C=O) groups is 1. The van der Waals surface area contributed by atoms with E-state index in [-0.39, 0.29) is 11.9 Å². The third-order valence-corrected chi connectivity index (χ3v) is 4.74. The first-order chi connectivity index (χ1) is 8.59. The van der Waals surface area contributed by atoms with Crippen LogP contribution in [-0.2, 0) is 4.79 Å². The van der Waals surface area contributed by atoms with Gasteiger partial charge in [-0.2, -0.15) is 0 Å². The van der Waals surface area contributed by atoms with Crippen molar-refractivity contribution >= 4 is 5.91 Å². The van der Waals surface area contributed by atoms with E-state index in [1.165, 1.54) is 38.5 Å². The molecular formula is C15H28N2O. The first kappa shape index (κ1) is 13.9. The van der Waals surface area contributed by atoms with Crippen molar-refractivity contribution in [1.29, 1.82) is 0 Å². The summed E-state index contributed by atoms with van der Waals surface area (Å²) in [5.74, 6) is 0.184. The van der Waals surface area contributed by atoms with Crippen LogP contribution >= 0.6 is 0 Å². The fraction of sp³-hybridized carbons (Fsp3) is 0.933. The van der Waals surface area contributed by atoms with Gasteiger partial charge < -0.3 is 10.6 Å². The maximum Gasteiger partial charge on any atom is 0.237 e. The summed E-state index contributed by atoms with van der Waals surface area (Å²) in [7, 11) is 0. The summed E-state index contributed by atoms with van der Waals surface area (Å²) in [6.45, 7) is 5.31. The summed E-state index contributed by atoms with van der Waals surface area (Å²) in [4.78, 5) is 12.0. The first-order valence-corrected chi connectivity index (χ1v) is 7.63. The molecule has 104 valence electrons. The lowest BCUT2D eigenvalue weighted by Crippen LogP contribution is -2.47. The van der Waals surface area contributed by atoms with E-state index in [0.29, 0.717) is 11.5 Å². The number of rotatable bonds is 5. The van der Waals surface area contributed by atoms with Crippen molar-refractivity contribution in [3.8, 4) is 0 Å². The van der Waals surface area contributed by atoms with Gasteiger partial charge in [-0.05, 0) is 38.0 Å². The van der Waals surface area contributed by atoms with Gasteiger partial charge in [-0.3, -0.25) is 4.79 Å². The van der Waals surface area contributed by atoms with Gasteiger partial charge in [-0.1, -0.05) is 32.6 Å². The molecule has 0 saturated heterocycles. The Morgan fingerprint density at radius 1 is 1.22 bits per heavy atom. The zero-order chi connectivity index (χ0) is 13.0. The third-order valence-electron chi connectivity index (χ3n) is 4.74. The lowest BCUT2D eigenvalue weighted by molar-refractivity contribution is -0.123. The Labute approximate surface area is 111 Å². The normalized spacial score (nSPS) is 25.2. The average Bonchev–Trinajstić information content (AvgIpc) is 2.98. The Kier molecular flexibility index (Phi) is 4.66. The topological polar surface area (TPSA) is 41.1 Å². The third kappa shape index (κ3) is 3.71. The molecule has 0 bridgehead atoms. The van der Waals surface area contributed by atoms with E-state index in [4.69, 9.17) is 0 Å². The van der Waals surface area contributed by atoms with Crippen LogP contribution in [0.1, 0.15) is 65.2 Å². The minimum Gasteiger partial charge on any atom is -0.352 e. The molecule has 2 aliphatic carbocycles. The van der Waals surface area contributed by atoms with Gasteiger partial charge in [0.2, 0.25) is 5.91 Å². The van der Waals surface area contributed by atoms with Crippen LogP contribution in [0.2, 0.25) is 0 Å². The van der Waals surface area contributed by atoms with Gasteiger partial charge in [0.1, 0.15) is 0 Å². The maximum atomic E-state index is 12.0. The summed E-state index contributed by atoms with van der Waals surface area (Å²) in [6, 6.07) is 0.381. The summed E-state index contributed by atoms with van der Waals surface area (Å²) in [6.07, 6.45) is 10.2. The number of carbonyl (C=O) groups excluding carboxylic acids is 1. The molecule has 2 saturated carbocycles. The molecule has 2 rings (SSSR count). The van der Waals surface area contributed by atoms with E-state index < -0.39 is 0 Å². The van der Waals surface area contributed by atoms with Crippen LogP contribution in [0.3, 0.4) is 0 Å². The van der Waals surface area contributed by atoms with Crippen LogP contribution in [0, 0.1) is 5.41 Å². The number of amides is 1. The van der Waals surface area contributed by atoms with Gasteiger partial charge >= 0.3 is 0 Å². The molecule has 2 aliphatic rings. The number of nitrogens with one attached hydrogen (secondary N) is 2. The van der Waals surface area contributed by atoms with Crippen molar-refractivity contribution in [3.05, 3.63) is 0 Å². The molecular weight excluding hydrogens is 224 g/mol. The minimum absolute atomic E-state index is 0.0528. The molecule has 2 fully saturated rings. The van der Waals surface area contributed by atoms with Gasteiger partial charge in [-0.15, -0.1) is 0 Å². The van der Waals surface area contributed by atoms with Crippen LogP contribution in [0.15, 0.2) is 0 Å². The van der Waals surface area contributed by atoms with Crippen molar-refractivity contribution in [2.45, 2.75) is 77.3 Å². The standard InChI is InChI=1S/C15H28N2O/c1-12(14(18)17-13-7-3-4-8-13)16-11-15(2)9-5-6-10-15/h12-13,16H,3-11H2,1-2H3,(H,17,18). The predicted molar refractivity (Wildman–Crippen MR) is 74.4 cm³/mol. The molecule has 1 atom stereocenters. The molecule has 0 aromatic carbocycles. The molecule has 0 radical (unpaired) electrons. The fourth-order valence-electron chi connectivity index (χ4n) is 3.29. The van der Waals surface area contributed by atoms with Gasteiger partial charge in [0, 0.05) is 12.6 Å². The molecule has 0 heterocycles. The zero-order valence-electron chi connectivity index (χ0n) is 11.9. The smallest absolute Gasteiger partial charge is 0.237 e. The van der Waals surface area contributed by atoms with Crippen molar-refractivity contribution in [1.82, 2.24) is 10.6 Å². The Morgan fingerprint density at radius 3 is 2.44 bits per heavy atom. The summed E-state index contributed by atoms with van der Waals surface area (Å²) in [5, 5.41) is 6.59. The lowest BCUT2D eigenvalue weighted by atomic mass is 9.88. The van der Waals surface area contributed by atoms with E-state index in [0.717, 1.165) is 19.4 Å². The highest BCUT2D eigenvalue weighted by atomic mass is 16.2. The van der Waals surface area contributed by atoms with Crippen molar-refractivity contribution in [2.24, 2.45) is 5.41 Å². The van der Waals surface area contributed by atoms with E-state index >= 15 is 0 Å². The summed E-state index contributed by atoms with van der Waals surface area (Å²) in [5.41, 5.74) is 0.419. The molecule has 18 heavy (non-hydrogen) atoms. The SMILES string of the molecule is CC(NCC1(C)CCCC1)C(=O)NC1CCCC1. The maximum absolute atomic E-state index is 12.0. The van der Waals surface area contributed by atoms with Crippen LogP contribution in [0.4, 0.5) is 0 Å². The van der Waals surface area contributed by atoms with Crippen LogP contribution in [0.25, 0.3) is 0 Å². The van der Waals surface area contributed by atoms with Crippen molar-refractivity contribution in [2.75, 3.05) is 6.54 Å². The Bertz CT molecular complexity index is 278. The molecule has 2 N–H and O–H groups in total. The summed E-state index contributed by atoms with van der Waals surface area (Å²) >= 11 is 0. The molecule has 0 aliphatic heterocycles. The Hall–Kier alpha value is -0.570. The molecule has 1 unspecified atom stereocenters. The quantitative estimate of drug-likeness (QED) is 0.789. The molecule has 0 spiro atoms. The number of hydrogen-bond donors (Lipinski definition) is 2. The molecule has 0 aromatic rings.